The molecule has 1 unspecified atom stereocenters. The summed E-state index contributed by atoms with van der Waals surface area (Å²) in [7, 11) is 0. The smallest absolute Gasteiger partial charge is 0.0564 e. The number of rotatable bonds is 4. The molecule has 2 rings (SSSR count). The number of hydrogen-bond donors (Lipinski definition) is 1. The van der Waals surface area contributed by atoms with Gasteiger partial charge in [0.1, 0.15) is 0 Å². The number of nitrogens with zero attached hydrogens (tertiary/aromatic N) is 1. The molecule has 1 aromatic rings. The lowest BCUT2D eigenvalue weighted by atomic mass is 9.78. The number of halogens is 1. The Balaban J connectivity index is 2.03. The highest BCUT2D eigenvalue weighted by Crippen LogP contribution is 2.38. The minimum atomic E-state index is 0.405. The normalized spacial score (nSPS) is 22.0. The second kappa shape index (κ2) is 6.04. The van der Waals surface area contributed by atoms with Crippen molar-refractivity contribution in [3.05, 3.63) is 20.8 Å². The van der Waals surface area contributed by atoms with E-state index < -0.39 is 0 Å². The van der Waals surface area contributed by atoms with Gasteiger partial charge in [-0.05, 0) is 53.3 Å². The van der Waals surface area contributed by atoms with Crippen LogP contribution in [-0.4, -0.2) is 24.5 Å². The molecule has 2 N–H and O–H groups in total. The Labute approximate surface area is 123 Å². The van der Waals surface area contributed by atoms with Crippen LogP contribution in [-0.2, 0) is 0 Å². The first-order valence-corrected chi connectivity index (χ1v) is 8.43. The summed E-state index contributed by atoms with van der Waals surface area (Å²) in [6.07, 6.45) is 3.89. The SMILES string of the molecule is CCC1(C)CCN(C(CN)c2cc(Br)cs2)CC1. The Bertz CT molecular complexity index is 383. The minimum absolute atomic E-state index is 0.405. The van der Waals surface area contributed by atoms with Crippen molar-refractivity contribution in [2.45, 2.75) is 39.2 Å². The molecule has 102 valence electrons. The Kier molecular flexibility index (Phi) is 4.86. The molecule has 2 heterocycles. The molecule has 0 saturated carbocycles. The van der Waals surface area contributed by atoms with Gasteiger partial charge >= 0.3 is 0 Å². The Hall–Kier alpha value is 0.1000. The van der Waals surface area contributed by atoms with Gasteiger partial charge in [0.2, 0.25) is 0 Å². The summed E-state index contributed by atoms with van der Waals surface area (Å²) in [5, 5.41) is 2.15. The number of hydrogen-bond acceptors (Lipinski definition) is 3. The topological polar surface area (TPSA) is 29.3 Å². The van der Waals surface area contributed by atoms with Crippen molar-refractivity contribution in [2.24, 2.45) is 11.1 Å². The van der Waals surface area contributed by atoms with E-state index in [2.05, 4.69) is 46.1 Å². The molecule has 1 aliphatic heterocycles. The van der Waals surface area contributed by atoms with Gasteiger partial charge < -0.3 is 5.73 Å². The van der Waals surface area contributed by atoms with Crippen LogP contribution in [0.5, 0.6) is 0 Å². The molecule has 1 aliphatic rings. The summed E-state index contributed by atoms with van der Waals surface area (Å²) in [4.78, 5) is 3.96. The first kappa shape index (κ1) is 14.5. The third-order valence-electron chi connectivity index (χ3n) is 4.44. The molecule has 1 aromatic heterocycles. The third-order valence-corrected chi connectivity index (χ3v) is 6.23. The molecule has 1 saturated heterocycles. The van der Waals surface area contributed by atoms with Gasteiger partial charge in [-0.15, -0.1) is 11.3 Å². The molecule has 2 nitrogen and oxygen atoms in total. The highest BCUT2D eigenvalue weighted by molar-refractivity contribution is 9.10. The van der Waals surface area contributed by atoms with Crippen LogP contribution < -0.4 is 5.73 Å². The third kappa shape index (κ3) is 3.16. The van der Waals surface area contributed by atoms with Gasteiger partial charge in [0.05, 0.1) is 6.04 Å². The zero-order chi connectivity index (χ0) is 13.2. The minimum Gasteiger partial charge on any atom is -0.329 e. The first-order chi connectivity index (χ1) is 8.58. The van der Waals surface area contributed by atoms with Crippen molar-refractivity contribution < 1.29 is 0 Å². The van der Waals surface area contributed by atoms with Crippen molar-refractivity contribution >= 4 is 27.3 Å². The summed E-state index contributed by atoms with van der Waals surface area (Å²) in [5.41, 5.74) is 6.54. The zero-order valence-electron chi connectivity index (χ0n) is 11.3. The van der Waals surface area contributed by atoms with E-state index >= 15 is 0 Å². The summed E-state index contributed by atoms with van der Waals surface area (Å²) in [6.45, 7) is 7.81. The summed E-state index contributed by atoms with van der Waals surface area (Å²) in [5.74, 6) is 0. The van der Waals surface area contributed by atoms with E-state index in [-0.39, 0.29) is 0 Å². The van der Waals surface area contributed by atoms with Crippen molar-refractivity contribution in [2.75, 3.05) is 19.6 Å². The highest BCUT2D eigenvalue weighted by atomic mass is 79.9. The van der Waals surface area contributed by atoms with Crippen LogP contribution in [0.4, 0.5) is 0 Å². The Morgan fingerprint density at radius 1 is 1.50 bits per heavy atom. The fourth-order valence-corrected chi connectivity index (χ4v) is 4.27. The van der Waals surface area contributed by atoms with Gasteiger partial charge in [-0.25, -0.2) is 0 Å². The van der Waals surface area contributed by atoms with Crippen molar-refractivity contribution in [1.29, 1.82) is 0 Å². The van der Waals surface area contributed by atoms with Crippen LogP contribution in [0.15, 0.2) is 15.9 Å². The van der Waals surface area contributed by atoms with Gasteiger partial charge in [0, 0.05) is 21.3 Å². The average Bonchev–Trinajstić information content (AvgIpc) is 2.79. The van der Waals surface area contributed by atoms with Crippen LogP contribution in [0, 0.1) is 5.41 Å². The van der Waals surface area contributed by atoms with E-state index in [1.165, 1.54) is 41.7 Å². The fraction of sp³-hybridized carbons (Fsp3) is 0.714. The number of likely N-dealkylation sites (tertiary alicyclic amines) is 1. The molecule has 1 fully saturated rings. The summed E-state index contributed by atoms with van der Waals surface area (Å²) in [6, 6.07) is 2.62. The lowest BCUT2D eigenvalue weighted by molar-refractivity contribution is 0.0840. The fourth-order valence-electron chi connectivity index (χ4n) is 2.68. The summed E-state index contributed by atoms with van der Waals surface area (Å²) < 4.78 is 1.18. The molecule has 0 amide bonds. The molecule has 1 atom stereocenters. The van der Waals surface area contributed by atoms with Crippen LogP contribution in [0.2, 0.25) is 0 Å². The summed E-state index contributed by atoms with van der Waals surface area (Å²) >= 11 is 5.35. The van der Waals surface area contributed by atoms with Gasteiger partial charge in [0.15, 0.2) is 0 Å². The van der Waals surface area contributed by atoms with Crippen molar-refractivity contribution in [3.63, 3.8) is 0 Å². The molecular weight excluding hydrogens is 308 g/mol. The number of nitrogens with two attached hydrogens (primary N) is 1. The standard InChI is InChI=1S/C14H23BrN2S/c1-3-14(2)4-6-17(7-5-14)12(9-16)13-8-11(15)10-18-13/h8,10,12H,3-7,9,16H2,1-2H3. The highest BCUT2D eigenvalue weighted by Gasteiger charge is 2.31. The molecule has 0 aliphatic carbocycles. The van der Waals surface area contributed by atoms with Crippen LogP contribution >= 0.6 is 27.3 Å². The van der Waals surface area contributed by atoms with Crippen LogP contribution in [0.1, 0.15) is 44.0 Å². The predicted octanol–water partition coefficient (Wildman–Crippen LogP) is 4.02. The Morgan fingerprint density at radius 3 is 2.61 bits per heavy atom. The maximum atomic E-state index is 5.99. The van der Waals surface area contributed by atoms with Gasteiger partial charge in [-0.2, -0.15) is 0 Å². The molecule has 4 heteroatoms. The lowest BCUT2D eigenvalue weighted by Gasteiger charge is -2.42. The van der Waals surface area contributed by atoms with E-state index in [1.807, 2.05) is 11.3 Å². The quantitative estimate of drug-likeness (QED) is 0.903. The van der Waals surface area contributed by atoms with Gasteiger partial charge in [-0.1, -0.05) is 20.3 Å². The average molecular weight is 331 g/mol. The number of piperidine rings is 1. The van der Waals surface area contributed by atoms with Crippen molar-refractivity contribution in [1.82, 2.24) is 4.90 Å². The van der Waals surface area contributed by atoms with E-state index in [1.54, 1.807) is 0 Å². The molecule has 0 aromatic carbocycles. The lowest BCUT2D eigenvalue weighted by Crippen LogP contribution is -2.42. The maximum absolute atomic E-state index is 5.99. The molecule has 0 radical (unpaired) electrons. The second-order valence-corrected chi connectivity index (χ2v) is 7.48. The van der Waals surface area contributed by atoms with Crippen LogP contribution in [0.25, 0.3) is 0 Å². The monoisotopic (exact) mass is 330 g/mol. The largest absolute Gasteiger partial charge is 0.329 e. The number of thiophene rings is 1. The van der Waals surface area contributed by atoms with E-state index in [4.69, 9.17) is 5.73 Å². The van der Waals surface area contributed by atoms with E-state index in [0.29, 0.717) is 11.5 Å². The molecular formula is C14H23BrN2S. The Morgan fingerprint density at radius 2 is 2.17 bits per heavy atom. The molecule has 0 bridgehead atoms. The maximum Gasteiger partial charge on any atom is 0.0564 e. The first-order valence-electron chi connectivity index (χ1n) is 6.76. The van der Waals surface area contributed by atoms with Gasteiger partial charge in [-0.3, -0.25) is 4.90 Å². The van der Waals surface area contributed by atoms with Crippen molar-refractivity contribution in [3.8, 4) is 0 Å². The van der Waals surface area contributed by atoms with E-state index in [0.717, 1.165) is 6.54 Å². The van der Waals surface area contributed by atoms with E-state index in [9.17, 15) is 0 Å². The van der Waals surface area contributed by atoms with Crippen LogP contribution in [0.3, 0.4) is 0 Å². The van der Waals surface area contributed by atoms with Gasteiger partial charge in [0.25, 0.3) is 0 Å². The predicted molar refractivity (Wildman–Crippen MR) is 83.0 cm³/mol. The molecule has 0 spiro atoms. The zero-order valence-corrected chi connectivity index (χ0v) is 13.7. The molecule has 18 heavy (non-hydrogen) atoms. The second-order valence-electron chi connectivity index (χ2n) is 5.62.